The van der Waals surface area contributed by atoms with Gasteiger partial charge in [0, 0.05) is 18.3 Å². The van der Waals surface area contributed by atoms with E-state index in [1.54, 1.807) is 0 Å². The molecule has 0 saturated heterocycles. The number of H-pyrrole nitrogens is 4. The number of fused-ring (bicyclic) bond motifs is 4. The Labute approximate surface area is 227 Å². The zero-order chi connectivity index (χ0) is 26.8. The number of nitrogens with one attached hydrogen (secondary N) is 4. The van der Waals surface area contributed by atoms with Crippen molar-refractivity contribution in [3.05, 3.63) is 83.7 Å². The molecule has 0 aliphatic heterocycles. The molecule has 0 radical (unpaired) electrons. The first-order valence-corrected chi connectivity index (χ1v) is 13.2. The number of hydrogen-bond donors (Lipinski definition) is 4. The minimum atomic E-state index is 0.744. The highest BCUT2D eigenvalue weighted by Crippen LogP contribution is 2.25. The Balaban J connectivity index is 0.993. The molecule has 0 aliphatic carbocycles. The summed E-state index contributed by atoms with van der Waals surface area (Å²) in [6.45, 7) is 3.93. The Morgan fingerprint density at radius 1 is 0.575 bits per heavy atom. The maximum atomic E-state index is 4.82. The maximum Gasteiger partial charge on any atom is 0.157 e. The van der Waals surface area contributed by atoms with E-state index in [2.05, 4.69) is 47.0 Å². The standard InChI is InChI=1S/C30H24N10/c1-15-4-3-5-19(32-15)30-39-26-12-22-23(13-27(26)40-30)36-28(35-22)9-7-17-6-8-18(31-14-17)29-37-24-10-20-21(11-25(24)38-29)34-16(2)33-20/h3-6,8,10-14H,7,9H2,1-2H3,(H,33,34)(H,35,36)(H,37,38)(H,39,40). The van der Waals surface area contributed by atoms with Crippen LogP contribution in [0.4, 0.5) is 0 Å². The summed E-state index contributed by atoms with van der Waals surface area (Å²) in [4.78, 5) is 41.6. The van der Waals surface area contributed by atoms with E-state index in [9.17, 15) is 0 Å². The van der Waals surface area contributed by atoms with Crippen molar-refractivity contribution in [3.8, 4) is 23.0 Å². The number of hydrogen-bond acceptors (Lipinski definition) is 6. The van der Waals surface area contributed by atoms with Crippen molar-refractivity contribution in [1.82, 2.24) is 49.8 Å². The highest BCUT2D eigenvalue weighted by atomic mass is 15.0. The van der Waals surface area contributed by atoms with Crippen molar-refractivity contribution in [2.75, 3.05) is 0 Å². The highest BCUT2D eigenvalue weighted by Gasteiger charge is 2.12. The normalized spacial score (nSPS) is 11.9. The van der Waals surface area contributed by atoms with Crippen LogP contribution in [0.25, 0.3) is 67.2 Å². The predicted octanol–water partition coefficient (Wildman–Crippen LogP) is 5.72. The molecular formula is C30H24N10. The second kappa shape index (κ2) is 8.57. The van der Waals surface area contributed by atoms with Gasteiger partial charge in [-0.25, -0.2) is 24.9 Å². The number of rotatable bonds is 5. The molecule has 6 aromatic heterocycles. The summed E-state index contributed by atoms with van der Waals surface area (Å²) in [5.74, 6) is 3.33. The minimum absolute atomic E-state index is 0.744. The van der Waals surface area contributed by atoms with E-state index in [1.807, 2.05) is 62.5 Å². The fourth-order valence-corrected chi connectivity index (χ4v) is 5.22. The summed E-state index contributed by atoms with van der Waals surface area (Å²) in [6, 6.07) is 18.2. The minimum Gasteiger partial charge on any atom is -0.342 e. The molecule has 0 fully saturated rings. The Kier molecular flexibility index (Phi) is 4.84. The van der Waals surface area contributed by atoms with Crippen LogP contribution >= 0.6 is 0 Å². The van der Waals surface area contributed by atoms with Gasteiger partial charge < -0.3 is 19.9 Å². The second-order valence-corrected chi connectivity index (χ2v) is 10.2. The van der Waals surface area contributed by atoms with Crippen LogP contribution in [0.5, 0.6) is 0 Å². The number of nitrogens with zero attached hydrogens (tertiary/aromatic N) is 6. The van der Waals surface area contributed by atoms with Gasteiger partial charge in [-0.2, -0.15) is 0 Å². The van der Waals surface area contributed by atoms with E-state index in [0.29, 0.717) is 0 Å². The molecule has 2 aromatic carbocycles. The van der Waals surface area contributed by atoms with Crippen molar-refractivity contribution >= 4 is 44.1 Å². The quantitative estimate of drug-likeness (QED) is 0.227. The van der Waals surface area contributed by atoms with E-state index in [0.717, 1.165) is 103 Å². The molecule has 194 valence electrons. The lowest BCUT2D eigenvalue weighted by Gasteiger charge is -2.01. The molecule has 0 saturated carbocycles. The largest absolute Gasteiger partial charge is 0.342 e. The molecule has 0 atom stereocenters. The summed E-state index contributed by atoms with van der Waals surface area (Å²) in [5, 5.41) is 0. The molecular weight excluding hydrogens is 500 g/mol. The smallest absolute Gasteiger partial charge is 0.157 e. The van der Waals surface area contributed by atoms with Gasteiger partial charge in [-0.05, 0) is 68.3 Å². The Morgan fingerprint density at radius 3 is 1.98 bits per heavy atom. The van der Waals surface area contributed by atoms with Gasteiger partial charge >= 0.3 is 0 Å². The van der Waals surface area contributed by atoms with Gasteiger partial charge in [0.2, 0.25) is 0 Å². The van der Waals surface area contributed by atoms with Crippen molar-refractivity contribution < 1.29 is 0 Å². The first-order chi connectivity index (χ1) is 19.5. The summed E-state index contributed by atoms with van der Waals surface area (Å²) < 4.78 is 0. The lowest BCUT2D eigenvalue weighted by Crippen LogP contribution is -1.95. The Hall–Kier alpha value is -5.38. The summed E-state index contributed by atoms with van der Waals surface area (Å²) in [7, 11) is 0. The fraction of sp³-hybridized carbons (Fsp3) is 0.133. The summed E-state index contributed by atoms with van der Waals surface area (Å²) in [5.41, 5.74) is 11.2. The number of aryl methyl sites for hydroxylation is 4. The average Bonchev–Trinajstić information content (AvgIpc) is 3.72. The second-order valence-electron chi connectivity index (χ2n) is 10.2. The van der Waals surface area contributed by atoms with Crippen LogP contribution in [0.15, 0.2) is 60.8 Å². The molecule has 4 N–H and O–H groups in total. The van der Waals surface area contributed by atoms with Crippen molar-refractivity contribution in [2.45, 2.75) is 26.7 Å². The first kappa shape index (κ1) is 22.6. The van der Waals surface area contributed by atoms with Crippen LogP contribution in [0.1, 0.15) is 22.9 Å². The Morgan fingerprint density at radius 2 is 1.25 bits per heavy atom. The van der Waals surface area contributed by atoms with Crippen molar-refractivity contribution in [3.63, 3.8) is 0 Å². The SMILES string of the molecule is Cc1cccc(-c2nc3cc4nc(CCc5ccc(-c6nc7cc8nc(C)[nH]c8cc7[nH]6)nc5)[nH]c4cc3[nH]2)n1. The highest BCUT2D eigenvalue weighted by molar-refractivity contribution is 5.93. The first-order valence-electron chi connectivity index (χ1n) is 13.2. The third-order valence-corrected chi connectivity index (χ3v) is 7.19. The topological polar surface area (TPSA) is 140 Å². The number of imidazole rings is 4. The van der Waals surface area contributed by atoms with Gasteiger partial charge in [0.05, 0.1) is 44.1 Å². The average molecular weight is 525 g/mol. The monoisotopic (exact) mass is 524 g/mol. The van der Waals surface area contributed by atoms with Gasteiger partial charge in [0.25, 0.3) is 0 Å². The summed E-state index contributed by atoms with van der Waals surface area (Å²) in [6.07, 6.45) is 3.51. The zero-order valence-electron chi connectivity index (χ0n) is 21.9. The maximum absolute atomic E-state index is 4.82. The molecule has 0 amide bonds. The molecule has 0 spiro atoms. The van der Waals surface area contributed by atoms with Crippen molar-refractivity contribution in [1.29, 1.82) is 0 Å². The van der Waals surface area contributed by atoms with Crippen LogP contribution in [0.3, 0.4) is 0 Å². The summed E-state index contributed by atoms with van der Waals surface area (Å²) >= 11 is 0. The van der Waals surface area contributed by atoms with Gasteiger partial charge in [-0.15, -0.1) is 0 Å². The molecule has 0 unspecified atom stereocenters. The third kappa shape index (κ3) is 3.89. The van der Waals surface area contributed by atoms with Crippen LogP contribution < -0.4 is 0 Å². The number of aromatic nitrogens is 10. The number of benzene rings is 2. The third-order valence-electron chi connectivity index (χ3n) is 7.19. The molecule has 6 heterocycles. The predicted molar refractivity (Wildman–Crippen MR) is 155 cm³/mol. The van der Waals surface area contributed by atoms with Crippen LogP contribution in [-0.2, 0) is 12.8 Å². The van der Waals surface area contributed by atoms with Crippen LogP contribution in [-0.4, -0.2) is 49.8 Å². The van der Waals surface area contributed by atoms with E-state index in [4.69, 9.17) is 15.0 Å². The van der Waals surface area contributed by atoms with E-state index in [1.165, 1.54) is 0 Å². The van der Waals surface area contributed by atoms with Crippen LogP contribution in [0, 0.1) is 13.8 Å². The van der Waals surface area contributed by atoms with E-state index < -0.39 is 0 Å². The lowest BCUT2D eigenvalue weighted by molar-refractivity contribution is 0.885. The molecule has 8 rings (SSSR count). The number of aromatic amines is 4. The Bertz CT molecular complexity index is 2090. The molecule has 0 aliphatic rings. The fourth-order valence-electron chi connectivity index (χ4n) is 5.22. The molecule has 10 nitrogen and oxygen atoms in total. The molecule has 40 heavy (non-hydrogen) atoms. The van der Waals surface area contributed by atoms with Gasteiger partial charge in [-0.3, -0.25) is 4.98 Å². The lowest BCUT2D eigenvalue weighted by atomic mass is 10.1. The molecule has 0 bridgehead atoms. The van der Waals surface area contributed by atoms with Crippen LogP contribution in [0.2, 0.25) is 0 Å². The van der Waals surface area contributed by atoms with Gasteiger partial charge in [0.1, 0.15) is 23.0 Å². The van der Waals surface area contributed by atoms with Crippen molar-refractivity contribution in [2.24, 2.45) is 0 Å². The zero-order valence-corrected chi connectivity index (χ0v) is 21.9. The van der Waals surface area contributed by atoms with E-state index >= 15 is 0 Å². The number of pyridine rings is 2. The molecule has 10 heteroatoms. The van der Waals surface area contributed by atoms with E-state index in [-0.39, 0.29) is 0 Å². The van der Waals surface area contributed by atoms with Gasteiger partial charge in [-0.1, -0.05) is 12.1 Å². The molecule has 8 aromatic rings. The van der Waals surface area contributed by atoms with Gasteiger partial charge in [0.15, 0.2) is 11.6 Å².